The first-order chi connectivity index (χ1) is 12.2. The molecule has 0 bridgehead atoms. The van der Waals surface area contributed by atoms with Gasteiger partial charge < -0.3 is 14.8 Å². The van der Waals surface area contributed by atoms with Crippen molar-refractivity contribution in [2.75, 3.05) is 18.1 Å². The van der Waals surface area contributed by atoms with Gasteiger partial charge in [-0.15, -0.1) is 0 Å². The summed E-state index contributed by atoms with van der Waals surface area (Å²) in [6.45, 7) is 2.87. The zero-order valence-corrected chi connectivity index (χ0v) is 14.9. The summed E-state index contributed by atoms with van der Waals surface area (Å²) < 4.78 is 11.2. The number of carbonyl (C=O) groups excluding carboxylic acids is 1. The molecule has 1 unspecified atom stereocenters. The number of ether oxygens (including phenoxy) is 2. The number of hydrogen-bond donors (Lipinski definition) is 1. The number of nitrogens with one attached hydrogen (secondary N) is 1. The predicted molar refractivity (Wildman–Crippen MR) is 97.2 cm³/mol. The number of amides is 1. The molecule has 0 radical (unpaired) electrons. The first kappa shape index (κ1) is 17.5. The Balaban J connectivity index is 1.58. The summed E-state index contributed by atoms with van der Waals surface area (Å²) in [7, 11) is 0. The van der Waals surface area contributed by atoms with Crippen LogP contribution in [0, 0.1) is 0 Å². The molecule has 132 valence electrons. The van der Waals surface area contributed by atoms with E-state index in [-0.39, 0.29) is 12.0 Å². The molecule has 1 aliphatic rings. The Bertz CT molecular complexity index is 720. The van der Waals surface area contributed by atoms with Gasteiger partial charge in [0.2, 0.25) is 11.8 Å². The zero-order chi connectivity index (χ0) is 17.5. The first-order valence-electron chi connectivity index (χ1n) is 8.31. The van der Waals surface area contributed by atoms with Gasteiger partial charge in [-0.3, -0.25) is 4.79 Å². The van der Waals surface area contributed by atoms with E-state index in [1.54, 1.807) is 24.5 Å². The molecular weight excluding hydrogens is 338 g/mol. The Morgan fingerprint density at radius 3 is 2.92 bits per heavy atom. The number of aromatic nitrogens is 2. The quantitative estimate of drug-likeness (QED) is 0.819. The molecular formula is C18H21N3O3S. The van der Waals surface area contributed by atoms with Crippen molar-refractivity contribution >= 4 is 17.7 Å². The van der Waals surface area contributed by atoms with Gasteiger partial charge in [0.1, 0.15) is 6.10 Å². The molecule has 25 heavy (non-hydrogen) atoms. The topological polar surface area (TPSA) is 73.3 Å². The lowest BCUT2D eigenvalue weighted by Crippen LogP contribution is -2.23. The molecule has 1 amide bonds. The Kier molecular flexibility index (Phi) is 6.11. The summed E-state index contributed by atoms with van der Waals surface area (Å²) in [6.07, 6.45) is 4.48. The van der Waals surface area contributed by atoms with Crippen LogP contribution in [0.1, 0.15) is 29.3 Å². The largest absolute Gasteiger partial charge is 0.478 e. The number of rotatable bonds is 7. The molecule has 3 heterocycles. The highest BCUT2D eigenvalue weighted by molar-refractivity contribution is 7.99. The fraction of sp³-hybridized carbons (Fsp3) is 0.389. The van der Waals surface area contributed by atoms with E-state index in [9.17, 15) is 4.79 Å². The number of thioether (sulfide) groups is 1. The minimum Gasteiger partial charge on any atom is -0.478 e. The Hall–Kier alpha value is -2.28. The van der Waals surface area contributed by atoms with Crippen LogP contribution in [0.5, 0.6) is 11.8 Å². The number of carbonyl (C=O) groups is 1. The van der Waals surface area contributed by atoms with Crippen LogP contribution in [-0.4, -0.2) is 40.1 Å². The van der Waals surface area contributed by atoms with E-state index in [1.165, 1.54) is 0 Å². The monoisotopic (exact) mass is 359 g/mol. The van der Waals surface area contributed by atoms with Gasteiger partial charge in [-0.05, 0) is 36.8 Å². The van der Waals surface area contributed by atoms with Crippen LogP contribution < -0.4 is 14.8 Å². The smallest absolute Gasteiger partial charge is 0.251 e. The number of hydrogen-bond acceptors (Lipinski definition) is 6. The SMILES string of the molecule is CCOc1cc(CNC(=O)c2ccnc(OC3CCSC3)c2)ccn1. The molecule has 1 saturated heterocycles. The van der Waals surface area contributed by atoms with Crippen molar-refractivity contribution in [3.05, 3.63) is 47.8 Å². The summed E-state index contributed by atoms with van der Waals surface area (Å²) >= 11 is 1.87. The van der Waals surface area contributed by atoms with E-state index in [2.05, 4.69) is 15.3 Å². The Morgan fingerprint density at radius 1 is 1.28 bits per heavy atom. The van der Waals surface area contributed by atoms with Crippen LogP contribution in [0.25, 0.3) is 0 Å². The van der Waals surface area contributed by atoms with E-state index in [0.29, 0.717) is 30.5 Å². The predicted octanol–water partition coefficient (Wildman–Crippen LogP) is 2.69. The van der Waals surface area contributed by atoms with E-state index >= 15 is 0 Å². The standard InChI is InChI=1S/C18H21N3O3S/c1-2-23-16-9-13(3-6-19-16)11-21-18(22)14-4-7-20-17(10-14)24-15-5-8-25-12-15/h3-4,6-7,9-10,15H,2,5,8,11-12H2,1H3,(H,21,22). The second kappa shape index (κ2) is 8.71. The molecule has 2 aromatic rings. The third-order valence-electron chi connectivity index (χ3n) is 3.72. The summed E-state index contributed by atoms with van der Waals surface area (Å²) in [5.41, 5.74) is 1.47. The summed E-state index contributed by atoms with van der Waals surface area (Å²) in [5, 5.41) is 2.90. The molecule has 1 N–H and O–H groups in total. The molecule has 1 atom stereocenters. The third kappa shape index (κ3) is 5.09. The molecule has 7 heteroatoms. The number of nitrogens with zero attached hydrogens (tertiary/aromatic N) is 2. The fourth-order valence-electron chi connectivity index (χ4n) is 2.46. The summed E-state index contributed by atoms with van der Waals surface area (Å²) in [4.78, 5) is 20.7. The van der Waals surface area contributed by atoms with Crippen LogP contribution in [0.3, 0.4) is 0 Å². The lowest BCUT2D eigenvalue weighted by Gasteiger charge is -2.12. The van der Waals surface area contributed by atoms with E-state index in [4.69, 9.17) is 9.47 Å². The van der Waals surface area contributed by atoms with Crippen LogP contribution in [0.2, 0.25) is 0 Å². The van der Waals surface area contributed by atoms with Crippen molar-refractivity contribution in [2.45, 2.75) is 26.0 Å². The molecule has 0 aliphatic carbocycles. The molecule has 0 aromatic carbocycles. The average molecular weight is 359 g/mol. The van der Waals surface area contributed by atoms with Crippen LogP contribution in [0.15, 0.2) is 36.7 Å². The first-order valence-corrected chi connectivity index (χ1v) is 9.46. The second-order valence-electron chi connectivity index (χ2n) is 5.60. The summed E-state index contributed by atoms with van der Waals surface area (Å²) in [5.74, 6) is 2.98. The summed E-state index contributed by atoms with van der Waals surface area (Å²) in [6, 6.07) is 7.05. The highest BCUT2D eigenvalue weighted by Crippen LogP contribution is 2.22. The molecule has 0 saturated carbocycles. The molecule has 1 aliphatic heterocycles. The van der Waals surface area contributed by atoms with Crippen molar-refractivity contribution in [3.63, 3.8) is 0 Å². The maximum atomic E-state index is 12.4. The Morgan fingerprint density at radius 2 is 2.12 bits per heavy atom. The van der Waals surface area contributed by atoms with Crippen LogP contribution in [-0.2, 0) is 6.54 Å². The third-order valence-corrected chi connectivity index (χ3v) is 4.85. The van der Waals surface area contributed by atoms with Crippen LogP contribution in [0.4, 0.5) is 0 Å². The molecule has 0 spiro atoms. The highest BCUT2D eigenvalue weighted by atomic mass is 32.2. The number of pyridine rings is 2. The van der Waals surface area contributed by atoms with Gasteiger partial charge in [-0.1, -0.05) is 0 Å². The molecule has 6 nitrogen and oxygen atoms in total. The maximum Gasteiger partial charge on any atom is 0.251 e. The van der Waals surface area contributed by atoms with Gasteiger partial charge in [0, 0.05) is 42.4 Å². The molecule has 3 rings (SSSR count). The lowest BCUT2D eigenvalue weighted by atomic mass is 10.2. The average Bonchev–Trinajstić information content (AvgIpc) is 3.13. The van der Waals surface area contributed by atoms with Crippen molar-refractivity contribution < 1.29 is 14.3 Å². The molecule has 1 fully saturated rings. The van der Waals surface area contributed by atoms with Gasteiger partial charge in [-0.2, -0.15) is 11.8 Å². The zero-order valence-electron chi connectivity index (χ0n) is 14.1. The van der Waals surface area contributed by atoms with Gasteiger partial charge in [0.05, 0.1) is 6.61 Å². The van der Waals surface area contributed by atoms with E-state index in [0.717, 1.165) is 23.5 Å². The minimum atomic E-state index is -0.164. The minimum absolute atomic E-state index is 0.164. The highest BCUT2D eigenvalue weighted by Gasteiger charge is 2.18. The van der Waals surface area contributed by atoms with Crippen LogP contribution >= 0.6 is 11.8 Å². The van der Waals surface area contributed by atoms with Crippen molar-refractivity contribution in [1.82, 2.24) is 15.3 Å². The van der Waals surface area contributed by atoms with Gasteiger partial charge in [0.15, 0.2) is 0 Å². The van der Waals surface area contributed by atoms with Gasteiger partial charge >= 0.3 is 0 Å². The maximum absolute atomic E-state index is 12.4. The Labute approximate surface area is 151 Å². The van der Waals surface area contributed by atoms with Gasteiger partial charge in [0.25, 0.3) is 5.91 Å². The molecule has 2 aromatic heterocycles. The van der Waals surface area contributed by atoms with Crippen molar-refractivity contribution in [1.29, 1.82) is 0 Å². The van der Waals surface area contributed by atoms with E-state index in [1.807, 2.05) is 30.8 Å². The fourth-order valence-corrected chi connectivity index (χ4v) is 3.56. The van der Waals surface area contributed by atoms with E-state index < -0.39 is 0 Å². The van der Waals surface area contributed by atoms with Crippen molar-refractivity contribution in [3.8, 4) is 11.8 Å². The van der Waals surface area contributed by atoms with Gasteiger partial charge in [-0.25, -0.2) is 9.97 Å². The lowest BCUT2D eigenvalue weighted by molar-refractivity contribution is 0.0949. The normalized spacial score (nSPS) is 16.4. The van der Waals surface area contributed by atoms with Crippen molar-refractivity contribution in [2.24, 2.45) is 0 Å². The second-order valence-corrected chi connectivity index (χ2v) is 6.75.